The third-order valence-electron chi connectivity index (χ3n) is 8.95. The molecule has 6 atom stereocenters. The Kier molecular flexibility index (Phi) is 3.26. The predicted molar refractivity (Wildman–Crippen MR) is 97.7 cm³/mol. The molecule has 3 fully saturated rings. The number of epoxide rings is 1. The summed E-state index contributed by atoms with van der Waals surface area (Å²) >= 11 is 0. The SMILES string of the molecule is CC(=O)O[C@@H]1CC2C(C)(C)CCC[C@]2(C)[C@]23O[C@H]2CC2=C(COC2=O)[C@]13C. The van der Waals surface area contributed by atoms with Gasteiger partial charge in [-0.1, -0.05) is 27.2 Å². The van der Waals surface area contributed by atoms with E-state index >= 15 is 0 Å². The van der Waals surface area contributed by atoms with Gasteiger partial charge in [-0.2, -0.15) is 0 Å². The molecule has 5 heteroatoms. The van der Waals surface area contributed by atoms with Crippen molar-refractivity contribution in [1.82, 2.24) is 0 Å². The van der Waals surface area contributed by atoms with Gasteiger partial charge in [0.05, 0.1) is 11.5 Å². The number of esters is 2. The molecule has 0 aromatic heterocycles. The molecule has 0 N–H and O–H groups in total. The summed E-state index contributed by atoms with van der Waals surface area (Å²) in [5, 5.41) is 0. The number of carbonyl (C=O) groups excluding carboxylic acids is 2. The lowest BCUT2D eigenvalue weighted by Crippen LogP contribution is -2.68. The van der Waals surface area contributed by atoms with Gasteiger partial charge in [-0.15, -0.1) is 0 Å². The molecule has 1 spiro atoms. The second kappa shape index (κ2) is 4.97. The highest BCUT2D eigenvalue weighted by atomic mass is 16.6. The maximum absolute atomic E-state index is 12.3. The number of hydrogen-bond donors (Lipinski definition) is 0. The number of rotatable bonds is 1. The van der Waals surface area contributed by atoms with Crippen LogP contribution in [0.25, 0.3) is 0 Å². The van der Waals surface area contributed by atoms with Crippen LogP contribution in [0.4, 0.5) is 0 Å². The predicted octanol–water partition coefficient (Wildman–Crippen LogP) is 3.56. The maximum Gasteiger partial charge on any atom is 0.334 e. The van der Waals surface area contributed by atoms with Crippen molar-refractivity contribution in [1.29, 1.82) is 0 Å². The molecule has 1 saturated heterocycles. The number of hydrogen-bond acceptors (Lipinski definition) is 5. The van der Waals surface area contributed by atoms with Crippen LogP contribution in [-0.2, 0) is 23.8 Å². The molecule has 5 nitrogen and oxygen atoms in total. The number of ether oxygens (including phenoxy) is 3. The van der Waals surface area contributed by atoms with E-state index in [1.807, 2.05) is 0 Å². The van der Waals surface area contributed by atoms with E-state index in [1.54, 1.807) is 0 Å². The lowest BCUT2D eigenvalue weighted by molar-refractivity contribution is -0.200. The van der Waals surface area contributed by atoms with Crippen LogP contribution < -0.4 is 0 Å². The molecule has 5 aliphatic rings. The third-order valence-corrected chi connectivity index (χ3v) is 8.95. The number of carbonyl (C=O) groups is 2. The minimum absolute atomic E-state index is 0.00891. The van der Waals surface area contributed by atoms with Crippen LogP contribution in [0, 0.1) is 22.2 Å². The van der Waals surface area contributed by atoms with Crippen molar-refractivity contribution < 1.29 is 23.8 Å². The van der Waals surface area contributed by atoms with Crippen LogP contribution in [0.3, 0.4) is 0 Å². The molecule has 2 heterocycles. The zero-order chi connectivity index (χ0) is 19.4. The van der Waals surface area contributed by atoms with Gasteiger partial charge >= 0.3 is 11.9 Å². The summed E-state index contributed by atoms with van der Waals surface area (Å²) < 4.78 is 18.0. The molecule has 3 aliphatic carbocycles. The van der Waals surface area contributed by atoms with Crippen molar-refractivity contribution in [2.24, 2.45) is 22.2 Å². The summed E-state index contributed by atoms with van der Waals surface area (Å²) in [4.78, 5) is 24.4. The topological polar surface area (TPSA) is 65.1 Å². The fraction of sp³-hybridized carbons (Fsp3) is 0.818. The van der Waals surface area contributed by atoms with Gasteiger partial charge in [0, 0.05) is 24.3 Å². The summed E-state index contributed by atoms with van der Waals surface area (Å²) in [6.07, 6.45) is 4.70. The van der Waals surface area contributed by atoms with E-state index in [0.29, 0.717) is 18.9 Å². The highest BCUT2D eigenvalue weighted by molar-refractivity contribution is 5.93. The molecule has 0 bridgehead atoms. The zero-order valence-electron chi connectivity index (χ0n) is 17.0. The van der Waals surface area contributed by atoms with Crippen LogP contribution in [0.2, 0.25) is 0 Å². The van der Waals surface area contributed by atoms with E-state index in [-0.39, 0.29) is 40.6 Å². The molecule has 1 unspecified atom stereocenters. The first-order chi connectivity index (χ1) is 12.6. The van der Waals surface area contributed by atoms with Gasteiger partial charge in [-0.3, -0.25) is 4.79 Å². The molecule has 0 aromatic rings. The van der Waals surface area contributed by atoms with Crippen LogP contribution in [0.15, 0.2) is 11.1 Å². The van der Waals surface area contributed by atoms with E-state index in [2.05, 4.69) is 27.7 Å². The van der Waals surface area contributed by atoms with Gasteiger partial charge in [0.1, 0.15) is 18.3 Å². The first-order valence-corrected chi connectivity index (χ1v) is 10.3. The molecule has 0 amide bonds. The molecule has 148 valence electrons. The molecular weight excluding hydrogens is 344 g/mol. The van der Waals surface area contributed by atoms with Gasteiger partial charge in [-0.25, -0.2) is 4.79 Å². The van der Waals surface area contributed by atoms with E-state index in [4.69, 9.17) is 14.2 Å². The van der Waals surface area contributed by atoms with E-state index in [9.17, 15) is 9.59 Å². The van der Waals surface area contributed by atoms with Crippen LogP contribution in [-0.4, -0.2) is 36.4 Å². The molecule has 2 saturated carbocycles. The van der Waals surface area contributed by atoms with Crippen molar-refractivity contribution in [2.45, 2.75) is 84.5 Å². The monoisotopic (exact) mass is 374 g/mol. The Morgan fingerprint density at radius 3 is 2.63 bits per heavy atom. The van der Waals surface area contributed by atoms with E-state index < -0.39 is 5.41 Å². The maximum atomic E-state index is 12.3. The molecule has 27 heavy (non-hydrogen) atoms. The molecule has 5 rings (SSSR count). The molecule has 0 aromatic carbocycles. The van der Waals surface area contributed by atoms with Gasteiger partial charge in [-0.05, 0) is 43.1 Å². The summed E-state index contributed by atoms with van der Waals surface area (Å²) in [5.41, 5.74) is 1.11. The number of cyclic esters (lactones) is 1. The molecular formula is C22H30O5. The third kappa shape index (κ3) is 1.85. The van der Waals surface area contributed by atoms with Crippen molar-refractivity contribution in [2.75, 3.05) is 6.61 Å². The van der Waals surface area contributed by atoms with Crippen molar-refractivity contribution in [3.8, 4) is 0 Å². The Morgan fingerprint density at radius 2 is 1.93 bits per heavy atom. The van der Waals surface area contributed by atoms with Gasteiger partial charge < -0.3 is 14.2 Å². The lowest BCUT2D eigenvalue weighted by Gasteiger charge is -2.64. The molecule has 2 aliphatic heterocycles. The smallest absolute Gasteiger partial charge is 0.334 e. The summed E-state index contributed by atoms with van der Waals surface area (Å²) in [6, 6.07) is 0. The quantitative estimate of drug-likeness (QED) is 0.519. The first-order valence-electron chi connectivity index (χ1n) is 10.3. The fourth-order valence-corrected chi connectivity index (χ4v) is 7.84. The standard InChI is InChI=1S/C22H30O5/c1-12(23)26-16-10-15-19(2,3)7-6-8-20(15,4)22-17(27-22)9-13-14(21(16,22)5)11-25-18(13)24/h15-17H,6-11H2,1-5H3/t15?,16-,17+,20+,21-,22-/m1/s1. The van der Waals surface area contributed by atoms with Crippen molar-refractivity contribution in [3.05, 3.63) is 11.1 Å². The minimum Gasteiger partial charge on any atom is -0.462 e. The van der Waals surface area contributed by atoms with Crippen LogP contribution in [0.5, 0.6) is 0 Å². The first kappa shape index (κ1) is 17.7. The summed E-state index contributed by atoms with van der Waals surface area (Å²) in [5.74, 6) is -0.0572. The van der Waals surface area contributed by atoms with Crippen LogP contribution in [0.1, 0.15) is 66.7 Å². The second-order valence-corrected chi connectivity index (χ2v) is 10.4. The molecule has 0 radical (unpaired) electrons. The Balaban J connectivity index is 1.71. The van der Waals surface area contributed by atoms with Crippen LogP contribution >= 0.6 is 0 Å². The fourth-order valence-electron chi connectivity index (χ4n) is 7.84. The van der Waals surface area contributed by atoms with E-state index in [1.165, 1.54) is 19.8 Å². The van der Waals surface area contributed by atoms with E-state index in [0.717, 1.165) is 24.0 Å². The normalized spacial score (nSPS) is 49.4. The zero-order valence-corrected chi connectivity index (χ0v) is 17.0. The van der Waals surface area contributed by atoms with Gasteiger partial charge in [0.2, 0.25) is 0 Å². The Labute approximate surface area is 160 Å². The number of fused-ring (bicyclic) bond motifs is 2. The lowest BCUT2D eigenvalue weighted by atomic mass is 9.39. The summed E-state index contributed by atoms with van der Waals surface area (Å²) in [7, 11) is 0. The van der Waals surface area contributed by atoms with Crippen molar-refractivity contribution >= 4 is 11.9 Å². The Bertz CT molecular complexity index is 782. The Hall–Kier alpha value is -1.36. The van der Waals surface area contributed by atoms with Gasteiger partial charge in [0.15, 0.2) is 0 Å². The van der Waals surface area contributed by atoms with Crippen molar-refractivity contribution in [3.63, 3.8) is 0 Å². The summed E-state index contributed by atoms with van der Waals surface area (Å²) in [6.45, 7) is 11.1. The minimum atomic E-state index is -0.498. The highest BCUT2D eigenvalue weighted by Crippen LogP contribution is 2.78. The average Bonchev–Trinajstić information content (AvgIpc) is 3.20. The highest BCUT2D eigenvalue weighted by Gasteiger charge is 2.84. The second-order valence-electron chi connectivity index (χ2n) is 10.4. The van der Waals surface area contributed by atoms with Gasteiger partial charge in [0.25, 0.3) is 0 Å². The Morgan fingerprint density at radius 1 is 1.19 bits per heavy atom. The average molecular weight is 374 g/mol. The largest absolute Gasteiger partial charge is 0.462 e.